The Morgan fingerprint density at radius 3 is 2.37 bits per heavy atom. The van der Waals surface area contributed by atoms with E-state index in [4.69, 9.17) is 11.6 Å². The van der Waals surface area contributed by atoms with E-state index >= 15 is 0 Å². The topological polar surface area (TPSA) is 91.3 Å². The first-order valence-corrected chi connectivity index (χ1v) is 10.6. The molecule has 2 heterocycles. The molecule has 1 aliphatic rings. The lowest BCUT2D eigenvalue weighted by atomic mass is 10.1. The summed E-state index contributed by atoms with van der Waals surface area (Å²) in [5, 5.41) is 0.480. The van der Waals surface area contributed by atoms with Gasteiger partial charge in [0.15, 0.2) is 5.82 Å². The molecule has 27 heavy (non-hydrogen) atoms. The highest BCUT2D eigenvalue weighted by molar-refractivity contribution is 7.89. The van der Waals surface area contributed by atoms with Crippen LogP contribution in [0, 0.1) is 0 Å². The number of anilines is 2. The molecule has 0 unspecified atom stereocenters. The van der Waals surface area contributed by atoms with Crippen LogP contribution in [0.3, 0.4) is 0 Å². The van der Waals surface area contributed by atoms with Crippen molar-refractivity contribution in [2.75, 3.05) is 37.0 Å². The minimum Gasteiger partial charge on any atom is -0.347 e. The van der Waals surface area contributed by atoms with Gasteiger partial charge in [-0.15, -0.1) is 0 Å². The lowest BCUT2D eigenvalue weighted by molar-refractivity contribution is 0.563. The molecule has 146 valence electrons. The maximum atomic E-state index is 12.5. The molecule has 1 aromatic heterocycles. The lowest BCUT2D eigenvalue weighted by Crippen LogP contribution is -2.33. The van der Waals surface area contributed by atoms with Crippen molar-refractivity contribution in [2.24, 2.45) is 0 Å². The molecule has 0 aliphatic carbocycles. The van der Waals surface area contributed by atoms with Crippen LogP contribution in [-0.4, -0.2) is 50.6 Å². The molecule has 0 atom stereocenters. The number of nitrogens with one attached hydrogen (secondary N) is 1. The number of hydrogen-bond acceptors (Lipinski definition) is 7. The van der Waals surface area contributed by atoms with E-state index in [1.807, 2.05) is 14.1 Å². The van der Waals surface area contributed by atoms with Gasteiger partial charge in [0.1, 0.15) is 0 Å². The van der Waals surface area contributed by atoms with Crippen molar-refractivity contribution < 1.29 is 8.42 Å². The molecule has 1 aliphatic heterocycles. The quantitative estimate of drug-likeness (QED) is 0.779. The first kappa shape index (κ1) is 19.8. The number of nitrogens with zero attached hydrogens (tertiary/aromatic N) is 5. The predicted octanol–water partition coefficient (Wildman–Crippen LogP) is 2.06. The van der Waals surface area contributed by atoms with Crippen molar-refractivity contribution in [3.8, 4) is 0 Å². The zero-order valence-electron chi connectivity index (χ0n) is 15.4. The molecule has 1 aromatic carbocycles. The molecule has 2 aromatic rings. The fourth-order valence-corrected chi connectivity index (χ4v) is 3.87. The van der Waals surface area contributed by atoms with Crippen LogP contribution in [0.2, 0.25) is 5.02 Å². The number of benzene rings is 1. The molecule has 0 radical (unpaired) electrons. The number of halogens is 1. The van der Waals surface area contributed by atoms with E-state index < -0.39 is 10.0 Å². The van der Waals surface area contributed by atoms with Crippen molar-refractivity contribution in [2.45, 2.75) is 30.7 Å². The normalized spacial score (nSPS) is 15.0. The molecule has 1 fully saturated rings. The van der Waals surface area contributed by atoms with Crippen molar-refractivity contribution in [3.05, 3.63) is 35.1 Å². The minimum absolute atomic E-state index is 0.0187. The molecular weight excluding hydrogens is 388 g/mol. The highest BCUT2D eigenvalue weighted by atomic mass is 35.5. The summed E-state index contributed by atoms with van der Waals surface area (Å²) in [7, 11) is 0.00615. The van der Waals surface area contributed by atoms with E-state index in [2.05, 4.69) is 24.6 Å². The average Bonchev–Trinajstić information content (AvgIpc) is 2.67. The van der Waals surface area contributed by atoms with Gasteiger partial charge < -0.3 is 9.80 Å². The fourth-order valence-electron chi connectivity index (χ4n) is 2.77. The summed E-state index contributed by atoms with van der Waals surface area (Å²) in [4.78, 5) is 17.4. The number of hydrogen-bond donors (Lipinski definition) is 1. The van der Waals surface area contributed by atoms with Crippen LogP contribution in [0.4, 0.5) is 11.9 Å². The molecular formula is C17H23ClN6O2S. The highest BCUT2D eigenvalue weighted by Crippen LogP contribution is 2.18. The Hall–Kier alpha value is -1.97. The highest BCUT2D eigenvalue weighted by Gasteiger charge is 2.19. The fraction of sp³-hybridized carbons (Fsp3) is 0.471. The molecule has 1 N–H and O–H groups in total. The van der Waals surface area contributed by atoms with Gasteiger partial charge in [-0.1, -0.05) is 11.6 Å². The average molecular weight is 411 g/mol. The van der Waals surface area contributed by atoms with Gasteiger partial charge >= 0.3 is 0 Å². The first-order chi connectivity index (χ1) is 12.8. The summed E-state index contributed by atoms with van der Waals surface area (Å²) in [5.74, 6) is 1.48. The summed E-state index contributed by atoms with van der Waals surface area (Å²) in [6.07, 6.45) is 3.40. The van der Waals surface area contributed by atoms with E-state index in [0.717, 1.165) is 25.9 Å². The summed E-state index contributed by atoms with van der Waals surface area (Å²) in [5.41, 5.74) is 0. The summed E-state index contributed by atoms with van der Waals surface area (Å²) in [6, 6.07) is 6.00. The maximum Gasteiger partial charge on any atom is 0.240 e. The largest absolute Gasteiger partial charge is 0.347 e. The SMILES string of the molecule is CN(C)c1nc(CNS(=O)(=O)c2ccc(Cl)cc2)nc(N2CCCCC2)n1. The lowest BCUT2D eigenvalue weighted by Gasteiger charge is -2.27. The molecule has 0 bridgehead atoms. The third-order valence-corrected chi connectivity index (χ3v) is 5.91. The Labute approximate surface area is 164 Å². The van der Waals surface area contributed by atoms with Crippen LogP contribution in [0.15, 0.2) is 29.2 Å². The molecule has 0 amide bonds. The van der Waals surface area contributed by atoms with Crippen LogP contribution in [0.1, 0.15) is 25.1 Å². The van der Waals surface area contributed by atoms with Gasteiger partial charge in [0.2, 0.25) is 21.9 Å². The smallest absolute Gasteiger partial charge is 0.240 e. The zero-order valence-corrected chi connectivity index (χ0v) is 17.0. The van der Waals surface area contributed by atoms with Crippen LogP contribution in [0.5, 0.6) is 0 Å². The van der Waals surface area contributed by atoms with Crippen LogP contribution in [0.25, 0.3) is 0 Å². The van der Waals surface area contributed by atoms with E-state index in [-0.39, 0.29) is 11.4 Å². The monoisotopic (exact) mass is 410 g/mol. The Bertz CT molecular complexity index is 883. The molecule has 8 nitrogen and oxygen atoms in total. The molecule has 3 rings (SSSR count). The first-order valence-electron chi connectivity index (χ1n) is 8.77. The number of sulfonamides is 1. The Balaban J connectivity index is 1.80. The predicted molar refractivity (Wildman–Crippen MR) is 106 cm³/mol. The molecule has 1 saturated heterocycles. The van der Waals surface area contributed by atoms with Gasteiger partial charge in [0.05, 0.1) is 11.4 Å². The van der Waals surface area contributed by atoms with E-state index in [1.165, 1.54) is 30.7 Å². The van der Waals surface area contributed by atoms with Crippen LogP contribution < -0.4 is 14.5 Å². The molecule has 0 spiro atoms. The number of piperidine rings is 1. The Kier molecular flexibility index (Phi) is 6.13. The minimum atomic E-state index is -3.68. The van der Waals surface area contributed by atoms with Gasteiger partial charge in [-0.3, -0.25) is 0 Å². The Morgan fingerprint density at radius 2 is 1.74 bits per heavy atom. The molecule has 0 saturated carbocycles. The third kappa shape index (κ3) is 5.06. The maximum absolute atomic E-state index is 12.5. The van der Waals surface area contributed by atoms with Gasteiger partial charge in [-0.05, 0) is 43.5 Å². The van der Waals surface area contributed by atoms with Crippen molar-refractivity contribution in [3.63, 3.8) is 0 Å². The second kappa shape index (κ2) is 8.37. The van der Waals surface area contributed by atoms with E-state index in [0.29, 0.717) is 22.7 Å². The summed E-state index contributed by atoms with van der Waals surface area (Å²) >= 11 is 5.82. The van der Waals surface area contributed by atoms with E-state index in [9.17, 15) is 8.42 Å². The number of aromatic nitrogens is 3. The standard InChI is InChI=1S/C17H23ClN6O2S/c1-23(2)16-20-15(21-17(22-16)24-10-4-3-5-11-24)12-19-27(25,26)14-8-6-13(18)7-9-14/h6-9,19H,3-5,10-12H2,1-2H3. The zero-order chi connectivity index (χ0) is 19.4. The van der Waals surface area contributed by atoms with Crippen molar-refractivity contribution >= 4 is 33.5 Å². The van der Waals surface area contributed by atoms with E-state index in [1.54, 1.807) is 4.90 Å². The number of rotatable bonds is 6. The van der Waals surface area contributed by atoms with Gasteiger partial charge in [-0.25, -0.2) is 13.1 Å². The van der Waals surface area contributed by atoms with Gasteiger partial charge in [0.25, 0.3) is 0 Å². The van der Waals surface area contributed by atoms with Crippen molar-refractivity contribution in [1.82, 2.24) is 19.7 Å². The van der Waals surface area contributed by atoms with Crippen molar-refractivity contribution in [1.29, 1.82) is 0 Å². The third-order valence-electron chi connectivity index (χ3n) is 4.24. The van der Waals surface area contributed by atoms with Crippen LogP contribution in [-0.2, 0) is 16.6 Å². The second-order valence-corrected chi connectivity index (χ2v) is 8.78. The van der Waals surface area contributed by atoms with Crippen LogP contribution >= 0.6 is 11.6 Å². The van der Waals surface area contributed by atoms with Gasteiger partial charge in [-0.2, -0.15) is 15.0 Å². The molecule has 10 heteroatoms. The Morgan fingerprint density at radius 1 is 1.07 bits per heavy atom. The summed E-state index contributed by atoms with van der Waals surface area (Å²) in [6.45, 7) is 1.77. The second-order valence-electron chi connectivity index (χ2n) is 6.57. The summed E-state index contributed by atoms with van der Waals surface area (Å²) < 4.78 is 27.5. The van der Waals surface area contributed by atoms with Gasteiger partial charge in [0, 0.05) is 32.2 Å².